The SMILES string of the molecule is CC(C)C1CCC(C=[NH2+])=C(N)C1. The average Bonchev–Trinajstić information content (AvgIpc) is 2.04. The van der Waals surface area contributed by atoms with E-state index in [0.717, 1.165) is 35.9 Å². The van der Waals surface area contributed by atoms with Crippen LogP contribution in [0, 0.1) is 11.8 Å². The summed E-state index contributed by atoms with van der Waals surface area (Å²) in [6.07, 6.45) is 4.99. The first-order chi connectivity index (χ1) is 5.65. The third-order valence-corrected chi connectivity index (χ3v) is 2.82. The smallest absolute Gasteiger partial charge is 0.165 e. The second-order valence-electron chi connectivity index (χ2n) is 3.96. The second-order valence-corrected chi connectivity index (χ2v) is 3.96. The average molecular weight is 167 g/mol. The molecule has 2 heteroatoms. The van der Waals surface area contributed by atoms with Crippen LogP contribution in [0.25, 0.3) is 0 Å². The molecule has 0 bridgehead atoms. The second kappa shape index (κ2) is 3.74. The van der Waals surface area contributed by atoms with Gasteiger partial charge in [0.05, 0.1) is 0 Å². The van der Waals surface area contributed by atoms with Crippen molar-refractivity contribution >= 4 is 6.21 Å². The summed E-state index contributed by atoms with van der Waals surface area (Å²) in [5, 5.41) is 5.45. The summed E-state index contributed by atoms with van der Waals surface area (Å²) in [5.74, 6) is 1.50. The molecule has 0 aliphatic heterocycles. The summed E-state index contributed by atoms with van der Waals surface area (Å²) in [6, 6.07) is 0. The minimum Gasteiger partial charge on any atom is -0.402 e. The van der Waals surface area contributed by atoms with Crippen molar-refractivity contribution in [2.24, 2.45) is 17.6 Å². The van der Waals surface area contributed by atoms with Gasteiger partial charge in [0.2, 0.25) is 0 Å². The van der Waals surface area contributed by atoms with Gasteiger partial charge >= 0.3 is 0 Å². The van der Waals surface area contributed by atoms with Crippen molar-refractivity contribution in [3.8, 4) is 0 Å². The first kappa shape index (κ1) is 9.30. The summed E-state index contributed by atoms with van der Waals surface area (Å²) in [4.78, 5) is 0. The largest absolute Gasteiger partial charge is 0.402 e. The predicted octanol–water partition coefficient (Wildman–Crippen LogP) is 0.485. The van der Waals surface area contributed by atoms with E-state index in [4.69, 9.17) is 11.1 Å². The van der Waals surface area contributed by atoms with Crippen LogP contribution in [0.5, 0.6) is 0 Å². The normalized spacial score (nSPS) is 24.8. The Kier molecular flexibility index (Phi) is 2.90. The van der Waals surface area contributed by atoms with Gasteiger partial charge < -0.3 is 5.73 Å². The molecular formula is C10H19N2+. The lowest BCUT2D eigenvalue weighted by Gasteiger charge is -2.25. The molecule has 0 fully saturated rings. The number of allylic oxidation sites excluding steroid dienone is 2. The van der Waals surface area contributed by atoms with Gasteiger partial charge in [0.25, 0.3) is 0 Å². The van der Waals surface area contributed by atoms with E-state index in [-0.39, 0.29) is 0 Å². The molecule has 0 saturated heterocycles. The van der Waals surface area contributed by atoms with E-state index in [9.17, 15) is 0 Å². The highest BCUT2D eigenvalue weighted by Gasteiger charge is 2.21. The standard InChI is InChI=1S/C10H18N2/c1-7(2)8-3-4-9(6-11)10(12)5-8/h6-8,11H,3-5,12H2,1-2H3/p+1. The van der Waals surface area contributed by atoms with Crippen molar-refractivity contribution in [3.63, 3.8) is 0 Å². The molecule has 0 aromatic rings. The van der Waals surface area contributed by atoms with Crippen LogP contribution in [-0.4, -0.2) is 6.21 Å². The zero-order valence-corrected chi connectivity index (χ0v) is 8.01. The number of hydrogen-bond donors (Lipinski definition) is 2. The highest BCUT2D eigenvalue weighted by molar-refractivity contribution is 5.74. The van der Waals surface area contributed by atoms with Crippen LogP contribution in [0.2, 0.25) is 0 Å². The fourth-order valence-electron chi connectivity index (χ4n) is 1.78. The Morgan fingerprint density at radius 1 is 1.58 bits per heavy atom. The molecule has 1 aliphatic rings. The van der Waals surface area contributed by atoms with Gasteiger partial charge in [-0.1, -0.05) is 13.8 Å². The van der Waals surface area contributed by atoms with Crippen LogP contribution >= 0.6 is 0 Å². The third-order valence-electron chi connectivity index (χ3n) is 2.82. The number of nitrogens with two attached hydrogens (primary N) is 2. The molecular weight excluding hydrogens is 148 g/mol. The molecule has 0 saturated carbocycles. The van der Waals surface area contributed by atoms with Crippen LogP contribution in [-0.2, 0) is 0 Å². The van der Waals surface area contributed by atoms with E-state index in [0.29, 0.717) is 0 Å². The molecule has 12 heavy (non-hydrogen) atoms. The molecule has 0 amide bonds. The minimum absolute atomic E-state index is 0.739. The van der Waals surface area contributed by atoms with Gasteiger partial charge in [-0.2, -0.15) is 0 Å². The topological polar surface area (TPSA) is 51.6 Å². The first-order valence-electron chi connectivity index (χ1n) is 4.67. The Labute approximate surface area is 74.4 Å². The summed E-state index contributed by atoms with van der Waals surface area (Å²) in [7, 11) is 0. The molecule has 0 heterocycles. The van der Waals surface area contributed by atoms with Gasteiger partial charge in [-0.15, -0.1) is 0 Å². The fourth-order valence-corrected chi connectivity index (χ4v) is 1.78. The highest BCUT2D eigenvalue weighted by Crippen LogP contribution is 2.30. The van der Waals surface area contributed by atoms with Crippen molar-refractivity contribution in [2.75, 3.05) is 0 Å². The maximum atomic E-state index is 5.89. The van der Waals surface area contributed by atoms with E-state index in [1.807, 2.05) is 0 Å². The monoisotopic (exact) mass is 167 g/mol. The van der Waals surface area contributed by atoms with Crippen molar-refractivity contribution in [3.05, 3.63) is 11.3 Å². The van der Waals surface area contributed by atoms with Gasteiger partial charge in [-0.3, -0.25) is 5.41 Å². The maximum Gasteiger partial charge on any atom is 0.165 e. The highest BCUT2D eigenvalue weighted by atomic mass is 14.6. The lowest BCUT2D eigenvalue weighted by Crippen LogP contribution is -2.33. The molecule has 0 radical (unpaired) electrons. The molecule has 68 valence electrons. The molecule has 1 rings (SSSR count). The van der Waals surface area contributed by atoms with E-state index in [1.165, 1.54) is 6.42 Å². The van der Waals surface area contributed by atoms with Gasteiger partial charge in [0.1, 0.15) is 0 Å². The van der Waals surface area contributed by atoms with Crippen molar-refractivity contribution in [1.29, 1.82) is 0 Å². The Bertz CT molecular complexity index is 204. The van der Waals surface area contributed by atoms with E-state index >= 15 is 0 Å². The Morgan fingerprint density at radius 3 is 2.67 bits per heavy atom. The van der Waals surface area contributed by atoms with Crippen molar-refractivity contribution in [2.45, 2.75) is 33.1 Å². The summed E-state index contributed by atoms with van der Waals surface area (Å²) in [5.41, 5.74) is 8.05. The van der Waals surface area contributed by atoms with Crippen molar-refractivity contribution in [1.82, 2.24) is 0 Å². The third kappa shape index (κ3) is 1.87. The zero-order chi connectivity index (χ0) is 9.14. The molecule has 2 nitrogen and oxygen atoms in total. The van der Waals surface area contributed by atoms with Gasteiger partial charge in [-0.05, 0) is 31.1 Å². The maximum absolute atomic E-state index is 5.89. The molecule has 4 N–H and O–H groups in total. The number of hydrogen-bond acceptors (Lipinski definition) is 1. The van der Waals surface area contributed by atoms with Gasteiger partial charge in [0.15, 0.2) is 6.21 Å². The molecule has 0 aromatic carbocycles. The molecule has 1 unspecified atom stereocenters. The van der Waals surface area contributed by atoms with E-state index in [2.05, 4.69) is 13.8 Å². The zero-order valence-electron chi connectivity index (χ0n) is 8.01. The van der Waals surface area contributed by atoms with E-state index < -0.39 is 0 Å². The first-order valence-corrected chi connectivity index (χ1v) is 4.67. The summed E-state index contributed by atoms with van der Waals surface area (Å²) in [6.45, 7) is 4.52. The van der Waals surface area contributed by atoms with Crippen molar-refractivity contribution < 1.29 is 5.41 Å². The van der Waals surface area contributed by atoms with Crippen LogP contribution in [0.15, 0.2) is 11.3 Å². The van der Waals surface area contributed by atoms with Crippen LogP contribution in [0.3, 0.4) is 0 Å². The molecule has 0 aromatic heterocycles. The van der Waals surface area contributed by atoms with E-state index in [1.54, 1.807) is 6.21 Å². The Balaban J connectivity index is 2.65. The van der Waals surface area contributed by atoms with Crippen LogP contribution < -0.4 is 11.1 Å². The predicted molar refractivity (Wildman–Crippen MR) is 51.4 cm³/mol. The Hall–Kier alpha value is -0.790. The lowest BCUT2D eigenvalue weighted by atomic mass is 9.81. The van der Waals surface area contributed by atoms with Gasteiger partial charge in [0, 0.05) is 11.3 Å². The Morgan fingerprint density at radius 2 is 2.25 bits per heavy atom. The molecule has 1 aliphatic carbocycles. The van der Waals surface area contributed by atoms with Gasteiger partial charge in [-0.25, -0.2) is 0 Å². The quantitative estimate of drug-likeness (QED) is 0.578. The fraction of sp³-hybridized carbons (Fsp3) is 0.700. The van der Waals surface area contributed by atoms with Crippen LogP contribution in [0.4, 0.5) is 0 Å². The summed E-state index contributed by atoms with van der Waals surface area (Å²) < 4.78 is 0. The number of rotatable bonds is 2. The minimum atomic E-state index is 0.739. The molecule has 1 atom stereocenters. The summed E-state index contributed by atoms with van der Waals surface area (Å²) >= 11 is 0. The lowest BCUT2D eigenvalue weighted by molar-refractivity contribution is -0.105. The molecule has 0 spiro atoms. The van der Waals surface area contributed by atoms with Crippen LogP contribution in [0.1, 0.15) is 33.1 Å².